The number of fused-ring (bicyclic) bond motifs is 1. The minimum absolute atomic E-state index is 0.196. The smallest absolute Gasteiger partial charge is 0.279 e. The van der Waals surface area contributed by atoms with Crippen molar-refractivity contribution in [2.45, 2.75) is 26.2 Å². The van der Waals surface area contributed by atoms with Crippen LogP contribution < -0.4 is 10.0 Å². The molecule has 0 spiro atoms. The zero-order valence-corrected chi connectivity index (χ0v) is 13.9. The fourth-order valence-electron chi connectivity index (χ4n) is 2.54. The van der Waals surface area contributed by atoms with Crippen LogP contribution in [0.15, 0.2) is 36.4 Å². The minimum atomic E-state index is -3.54. The molecule has 124 valence electrons. The summed E-state index contributed by atoms with van der Waals surface area (Å²) >= 11 is 0. The molecular formula is C15H21N5O2S. The van der Waals surface area contributed by atoms with Crippen molar-refractivity contribution >= 4 is 10.2 Å². The van der Waals surface area contributed by atoms with E-state index >= 15 is 0 Å². The van der Waals surface area contributed by atoms with Crippen molar-refractivity contribution in [3.8, 4) is 0 Å². The molecule has 2 N–H and O–H groups in total. The van der Waals surface area contributed by atoms with Crippen molar-refractivity contribution in [3.05, 3.63) is 53.3 Å². The molecule has 0 unspecified atom stereocenters. The van der Waals surface area contributed by atoms with Crippen LogP contribution in [0.3, 0.4) is 0 Å². The van der Waals surface area contributed by atoms with Crippen LogP contribution in [0.4, 0.5) is 0 Å². The largest absolute Gasteiger partial charge is 0.309 e. The number of hydrogen-bond acceptors (Lipinski definition) is 4. The van der Waals surface area contributed by atoms with Gasteiger partial charge in [0, 0.05) is 26.7 Å². The Hall–Kier alpha value is -1.74. The SMILES string of the molecule is CN(Cc1ccccc1)S(=O)(=O)NCc1cc2n(n1)CCNC2. The molecule has 0 fully saturated rings. The molecule has 1 aromatic carbocycles. The molecule has 0 radical (unpaired) electrons. The number of rotatable bonds is 6. The van der Waals surface area contributed by atoms with Crippen molar-refractivity contribution in [3.63, 3.8) is 0 Å². The second kappa shape index (κ2) is 6.79. The molecular weight excluding hydrogens is 314 g/mol. The predicted molar refractivity (Wildman–Crippen MR) is 87.6 cm³/mol. The first kappa shape index (κ1) is 16.1. The van der Waals surface area contributed by atoms with Crippen LogP contribution >= 0.6 is 0 Å². The van der Waals surface area contributed by atoms with Gasteiger partial charge in [-0.05, 0) is 11.6 Å². The quantitative estimate of drug-likeness (QED) is 0.803. The summed E-state index contributed by atoms with van der Waals surface area (Å²) in [4.78, 5) is 0. The number of nitrogens with one attached hydrogen (secondary N) is 2. The summed E-state index contributed by atoms with van der Waals surface area (Å²) in [6.45, 7) is 3.00. The highest BCUT2D eigenvalue weighted by atomic mass is 32.2. The summed E-state index contributed by atoms with van der Waals surface area (Å²) < 4.78 is 30.5. The molecule has 0 aliphatic carbocycles. The van der Waals surface area contributed by atoms with Gasteiger partial charge in [-0.1, -0.05) is 30.3 Å². The molecule has 3 rings (SSSR count). The summed E-state index contributed by atoms with van der Waals surface area (Å²) in [7, 11) is -1.97. The molecule has 2 aromatic rings. The van der Waals surface area contributed by atoms with Crippen molar-refractivity contribution in [2.24, 2.45) is 0 Å². The average Bonchev–Trinajstić information content (AvgIpc) is 2.97. The maximum atomic E-state index is 12.3. The van der Waals surface area contributed by atoms with Crippen LogP contribution in [0.5, 0.6) is 0 Å². The van der Waals surface area contributed by atoms with Crippen LogP contribution in [0, 0.1) is 0 Å². The third-order valence-corrected chi connectivity index (χ3v) is 5.27. The van der Waals surface area contributed by atoms with Crippen LogP contribution in [-0.2, 0) is 36.4 Å². The summed E-state index contributed by atoms with van der Waals surface area (Å²) in [6, 6.07) is 11.4. The highest BCUT2D eigenvalue weighted by Crippen LogP contribution is 2.09. The fourth-order valence-corrected chi connectivity index (χ4v) is 3.41. The van der Waals surface area contributed by atoms with E-state index in [0.717, 1.165) is 36.6 Å². The Balaban J connectivity index is 1.61. The molecule has 1 aliphatic rings. The Labute approximate surface area is 136 Å². The van der Waals surface area contributed by atoms with E-state index in [9.17, 15) is 8.42 Å². The second-order valence-corrected chi connectivity index (χ2v) is 7.46. The topological polar surface area (TPSA) is 79.3 Å². The first-order chi connectivity index (χ1) is 11.0. The lowest BCUT2D eigenvalue weighted by atomic mass is 10.2. The van der Waals surface area contributed by atoms with Gasteiger partial charge in [-0.25, -0.2) is 0 Å². The number of hydrogen-bond donors (Lipinski definition) is 2. The molecule has 0 amide bonds. The van der Waals surface area contributed by atoms with E-state index in [0.29, 0.717) is 6.54 Å². The maximum Gasteiger partial charge on any atom is 0.279 e. The van der Waals surface area contributed by atoms with Crippen LogP contribution in [-0.4, -0.2) is 36.1 Å². The molecule has 0 saturated heterocycles. The highest BCUT2D eigenvalue weighted by Gasteiger charge is 2.19. The average molecular weight is 335 g/mol. The molecule has 1 aliphatic heterocycles. The number of aromatic nitrogens is 2. The normalized spacial score (nSPS) is 14.9. The van der Waals surface area contributed by atoms with E-state index in [1.165, 1.54) is 4.31 Å². The van der Waals surface area contributed by atoms with E-state index in [1.54, 1.807) is 7.05 Å². The summed E-state index contributed by atoms with van der Waals surface area (Å²) in [5, 5.41) is 7.69. The van der Waals surface area contributed by atoms with Crippen molar-refractivity contribution < 1.29 is 8.42 Å². The van der Waals surface area contributed by atoms with Crippen LogP contribution in [0.1, 0.15) is 17.0 Å². The molecule has 0 atom stereocenters. The van der Waals surface area contributed by atoms with E-state index in [2.05, 4.69) is 15.1 Å². The van der Waals surface area contributed by atoms with Crippen molar-refractivity contribution in [1.82, 2.24) is 24.1 Å². The zero-order chi connectivity index (χ0) is 16.3. The summed E-state index contributed by atoms with van der Waals surface area (Å²) in [6.07, 6.45) is 0. The zero-order valence-electron chi connectivity index (χ0n) is 13.1. The minimum Gasteiger partial charge on any atom is -0.309 e. The van der Waals surface area contributed by atoms with E-state index in [4.69, 9.17) is 0 Å². The number of nitrogens with zero attached hydrogens (tertiary/aromatic N) is 3. The maximum absolute atomic E-state index is 12.3. The van der Waals surface area contributed by atoms with Gasteiger partial charge in [0.2, 0.25) is 0 Å². The Bertz CT molecular complexity index is 734. The molecule has 2 heterocycles. The van der Waals surface area contributed by atoms with Crippen LogP contribution in [0.2, 0.25) is 0 Å². The van der Waals surface area contributed by atoms with Gasteiger partial charge >= 0.3 is 0 Å². The van der Waals surface area contributed by atoms with Gasteiger partial charge in [-0.15, -0.1) is 0 Å². The van der Waals surface area contributed by atoms with Crippen LogP contribution in [0.25, 0.3) is 0 Å². The first-order valence-corrected chi connectivity index (χ1v) is 9.00. The second-order valence-electron chi connectivity index (χ2n) is 5.59. The Kier molecular flexibility index (Phi) is 4.76. The lowest BCUT2D eigenvalue weighted by Crippen LogP contribution is -2.37. The van der Waals surface area contributed by atoms with E-state index in [-0.39, 0.29) is 6.54 Å². The summed E-state index contributed by atoms with van der Waals surface area (Å²) in [5.74, 6) is 0. The molecule has 8 heteroatoms. The van der Waals surface area contributed by atoms with Gasteiger partial charge in [0.1, 0.15) is 0 Å². The third-order valence-electron chi connectivity index (χ3n) is 3.81. The molecule has 1 aromatic heterocycles. The number of benzene rings is 1. The lowest BCUT2D eigenvalue weighted by molar-refractivity contribution is 0.452. The summed E-state index contributed by atoms with van der Waals surface area (Å²) in [5.41, 5.74) is 2.77. The Morgan fingerprint density at radius 3 is 2.87 bits per heavy atom. The Morgan fingerprint density at radius 1 is 1.35 bits per heavy atom. The molecule has 7 nitrogen and oxygen atoms in total. The van der Waals surface area contributed by atoms with Gasteiger partial charge in [0.15, 0.2) is 0 Å². The standard InChI is InChI=1S/C15H21N5O2S/c1-19(12-13-5-3-2-4-6-13)23(21,22)17-10-14-9-15-11-16-7-8-20(15)18-14/h2-6,9,16-17H,7-8,10-12H2,1H3. The van der Waals surface area contributed by atoms with Gasteiger partial charge in [-0.2, -0.15) is 22.5 Å². The Morgan fingerprint density at radius 2 is 2.13 bits per heavy atom. The molecule has 0 saturated carbocycles. The van der Waals surface area contributed by atoms with E-state index in [1.807, 2.05) is 41.1 Å². The first-order valence-electron chi connectivity index (χ1n) is 7.56. The third kappa shape index (κ3) is 3.97. The van der Waals surface area contributed by atoms with Gasteiger partial charge < -0.3 is 5.32 Å². The van der Waals surface area contributed by atoms with Gasteiger partial charge in [-0.3, -0.25) is 4.68 Å². The molecule has 0 bridgehead atoms. The highest BCUT2D eigenvalue weighted by molar-refractivity contribution is 7.87. The fraction of sp³-hybridized carbons (Fsp3) is 0.400. The van der Waals surface area contributed by atoms with E-state index < -0.39 is 10.2 Å². The molecule has 23 heavy (non-hydrogen) atoms. The van der Waals surface area contributed by atoms with Crippen molar-refractivity contribution in [2.75, 3.05) is 13.6 Å². The van der Waals surface area contributed by atoms with Gasteiger partial charge in [0.05, 0.1) is 24.5 Å². The monoisotopic (exact) mass is 335 g/mol. The van der Waals surface area contributed by atoms with Gasteiger partial charge in [0.25, 0.3) is 10.2 Å². The predicted octanol–water partition coefficient (Wildman–Crippen LogP) is 0.453. The van der Waals surface area contributed by atoms with Crippen molar-refractivity contribution in [1.29, 1.82) is 0 Å². The lowest BCUT2D eigenvalue weighted by Gasteiger charge is -2.17.